The van der Waals surface area contributed by atoms with Crippen molar-refractivity contribution in [3.8, 4) is 0 Å². The van der Waals surface area contributed by atoms with E-state index >= 15 is 0 Å². The summed E-state index contributed by atoms with van der Waals surface area (Å²) in [5.74, 6) is 5.31. The van der Waals surface area contributed by atoms with E-state index in [9.17, 15) is 4.39 Å². The number of rotatable bonds is 4. The Bertz CT molecular complexity index is 560. The third kappa shape index (κ3) is 3.76. The smallest absolute Gasteiger partial charge is 0.123 e. The predicted octanol–water partition coefficient (Wildman–Crippen LogP) is 3.99. The van der Waals surface area contributed by atoms with Gasteiger partial charge in [-0.15, -0.1) is 0 Å². The third-order valence-corrected chi connectivity index (χ3v) is 3.76. The van der Waals surface area contributed by atoms with Crippen LogP contribution in [0.2, 0.25) is 5.02 Å². The summed E-state index contributed by atoms with van der Waals surface area (Å²) >= 11 is 9.55. The number of hydrogen-bond acceptors (Lipinski definition) is 2. The number of nitrogens with two attached hydrogens (primary N) is 1. The molecule has 19 heavy (non-hydrogen) atoms. The zero-order valence-corrected chi connectivity index (χ0v) is 12.4. The van der Waals surface area contributed by atoms with Gasteiger partial charge in [0.25, 0.3) is 0 Å². The average molecular weight is 344 g/mol. The lowest BCUT2D eigenvalue weighted by Gasteiger charge is -2.17. The molecule has 100 valence electrons. The van der Waals surface area contributed by atoms with Crippen LogP contribution in [0.1, 0.15) is 17.2 Å². The molecule has 2 aromatic rings. The van der Waals surface area contributed by atoms with Gasteiger partial charge in [-0.05, 0) is 41.8 Å². The minimum atomic E-state index is -0.263. The van der Waals surface area contributed by atoms with Gasteiger partial charge in [0, 0.05) is 9.50 Å². The number of hydrogen-bond donors (Lipinski definition) is 2. The second-order valence-electron chi connectivity index (χ2n) is 4.21. The van der Waals surface area contributed by atoms with Crippen LogP contribution in [0.5, 0.6) is 0 Å². The second-order valence-corrected chi connectivity index (χ2v) is 5.53. The first-order chi connectivity index (χ1) is 9.10. The summed E-state index contributed by atoms with van der Waals surface area (Å²) in [5, 5.41) is 0.678. The molecule has 0 amide bonds. The monoisotopic (exact) mass is 342 g/mol. The van der Waals surface area contributed by atoms with Crippen molar-refractivity contribution in [1.82, 2.24) is 5.43 Å². The van der Waals surface area contributed by atoms with Crippen molar-refractivity contribution in [2.24, 2.45) is 5.84 Å². The van der Waals surface area contributed by atoms with E-state index in [0.29, 0.717) is 11.4 Å². The van der Waals surface area contributed by atoms with Crippen molar-refractivity contribution in [3.63, 3.8) is 0 Å². The first-order valence-corrected chi connectivity index (χ1v) is 6.93. The van der Waals surface area contributed by atoms with E-state index in [2.05, 4.69) is 21.4 Å². The predicted molar refractivity (Wildman–Crippen MR) is 79.3 cm³/mol. The Hall–Kier alpha value is -0.940. The van der Waals surface area contributed by atoms with Crippen LogP contribution in [0, 0.1) is 5.82 Å². The van der Waals surface area contributed by atoms with Crippen molar-refractivity contribution in [1.29, 1.82) is 0 Å². The Labute approximate surface area is 124 Å². The van der Waals surface area contributed by atoms with Gasteiger partial charge in [-0.3, -0.25) is 11.3 Å². The summed E-state index contributed by atoms with van der Waals surface area (Å²) in [5.41, 5.74) is 4.64. The number of halogens is 3. The molecule has 0 spiro atoms. The Morgan fingerprint density at radius 2 is 1.89 bits per heavy atom. The molecule has 5 heteroatoms. The molecule has 0 aliphatic carbocycles. The molecule has 2 aromatic carbocycles. The fraction of sp³-hybridized carbons (Fsp3) is 0.143. The maximum atomic E-state index is 12.9. The molecule has 2 nitrogen and oxygen atoms in total. The fourth-order valence-electron chi connectivity index (χ4n) is 1.88. The normalized spacial score (nSPS) is 12.4. The fourth-order valence-corrected chi connectivity index (χ4v) is 2.63. The summed E-state index contributed by atoms with van der Waals surface area (Å²) in [7, 11) is 0. The van der Waals surface area contributed by atoms with Crippen molar-refractivity contribution in [2.75, 3.05) is 0 Å². The zero-order chi connectivity index (χ0) is 13.8. The van der Waals surface area contributed by atoms with Crippen molar-refractivity contribution >= 4 is 27.5 Å². The lowest BCUT2D eigenvalue weighted by Crippen LogP contribution is -2.29. The van der Waals surface area contributed by atoms with Gasteiger partial charge in [0.05, 0.1) is 6.04 Å². The van der Waals surface area contributed by atoms with E-state index in [-0.39, 0.29) is 11.9 Å². The number of benzene rings is 2. The highest BCUT2D eigenvalue weighted by molar-refractivity contribution is 9.10. The quantitative estimate of drug-likeness (QED) is 0.651. The third-order valence-electron chi connectivity index (χ3n) is 2.91. The number of hydrazine groups is 1. The highest BCUT2D eigenvalue weighted by Crippen LogP contribution is 2.26. The zero-order valence-electron chi connectivity index (χ0n) is 10.0. The summed E-state index contributed by atoms with van der Waals surface area (Å²) in [6, 6.07) is 11.9. The van der Waals surface area contributed by atoms with Crippen molar-refractivity contribution < 1.29 is 4.39 Å². The van der Waals surface area contributed by atoms with Crippen molar-refractivity contribution in [2.45, 2.75) is 12.5 Å². The van der Waals surface area contributed by atoms with Crippen LogP contribution in [0.3, 0.4) is 0 Å². The summed E-state index contributed by atoms with van der Waals surface area (Å²) in [4.78, 5) is 0. The number of nitrogens with one attached hydrogen (secondary N) is 1. The van der Waals surface area contributed by atoms with Gasteiger partial charge >= 0.3 is 0 Å². The van der Waals surface area contributed by atoms with E-state index in [4.69, 9.17) is 17.4 Å². The van der Waals surface area contributed by atoms with Gasteiger partial charge in [0.15, 0.2) is 0 Å². The Balaban J connectivity index is 2.21. The van der Waals surface area contributed by atoms with Gasteiger partial charge in [0.1, 0.15) is 5.82 Å². The standard InChI is InChI=1S/C14H13BrClFN2/c15-11-4-1-10(13(16)8-11)7-14(19-18)9-2-5-12(17)6-3-9/h1-6,8,14,19H,7,18H2. The highest BCUT2D eigenvalue weighted by Gasteiger charge is 2.12. The summed E-state index contributed by atoms with van der Waals surface area (Å²) in [6.07, 6.45) is 0.633. The van der Waals surface area contributed by atoms with Crippen LogP contribution < -0.4 is 11.3 Å². The molecule has 0 bridgehead atoms. The Morgan fingerprint density at radius 1 is 1.21 bits per heavy atom. The second kappa shape index (κ2) is 6.48. The maximum Gasteiger partial charge on any atom is 0.123 e. The average Bonchev–Trinajstić information content (AvgIpc) is 2.39. The summed E-state index contributed by atoms with van der Waals surface area (Å²) < 4.78 is 13.8. The van der Waals surface area contributed by atoms with Crippen molar-refractivity contribution in [3.05, 3.63) is 68.9 Å². The van der Waals surface area contributed by atoms with Crippen LogP contribution in [-0.2, 0) is 6.42 Å². The Kier molecular flexibility index (Phi) is 4.93. The largest absolute Gasteiger partial charge is 0.271 e. The van der Waals surface area contributed by atoms with E-state index in [0.717, 1.165) is 15.6 Å². The van der Waals surface area contributed by atoms with E-state index in [1.54, 1.807) is 12.1 Å². The molecule has 0 saturated heterocycles. The van der Waals surface area contributed by atoms with Crippen LogP contribution in [-0.4, -0.2) is 0 Å². The molecule has 0 aliphatic heterocycles. The van der Waals surface area contributed by atoms with Crippen LogP contribution in [0.4, 0.5) is 4.39 Å². The SMILES string of the molecule is NNC(Cc1ccc(Br)cc1Cl)c1ccc(F)cc1. The van der Waals surface area contributed by atoms with Crippen LogP contribution in [0.25, 0.3) is 0 Å². The van der Waals surface area contributed by atoms with Gasteiger partial charge < -0.3 is 0 Å². The molecular formula is C14H13BrClFN2. The Morgan fingerprint density at radius 3 is 2.47 bits per heavy atom. The molecular weight excluding hydrogens is 331 g/mol. The van der Waals surface area contributed by atoms with E-state index in [1.165, 1.54) is 12.1 Å². The van der Waals surface area contributed by atoms with Crippen LogP contribution >= 0.6 is 27.5 Å². The highest BCUT2D eigenvalue weighted by atomic mass is 79.9. The molecule has 0 fully saturated rings. The van der Waals surface area contributed by atoms with Gasteiger partial charge in [-0.2, -0.15) is 0 Å². The van der Waals surface area contributed by atoms with Gasteiger partial charge in [-0.25, -0.2) is 4.39 Å². The van der Waals surface area contributed by atoms with Crippen LogP contribution in [0.15, 0.2) is 46.9 Å². The summed E-state index contributed by atoms with van der Waals surface area (Å²) in [6.45, 7) is 0. The van der Waals surface area contributed by atoms with E-state index in [1.807, 2.05) is 18.2 Å². The molecule has 0 heterocycles. The minimum Gasteiger partial charge on any atom is -0.271 e. The first-order valence-electron chi connectivity index (χ1n) is 5.75. The van der Waals surface area contributed by atoms with E-state index < -0.39 is 0 Å². The maximum absolute atomic E-state index is 12.9. The lowest BCUT2D eigenvalue weighted by molar-refractivity contribution is 0.549. The van der Waals surface area contributed by atoms with Gasteiger partial charge in [0.2, 0.25) is 0 Å². The first kappa shape index (κ1) is 14.5. The molecule has 0 aliphatic rings. The molecule has 3 N–H and O–H groups in total. The molecule has 1 atom stereocenters. The molecule has 2 rings (SSSR count). The molecule has 0 aromatic heterocycles. The minimum absolute atomic E-state index is 0.112. The molecule has 0 saturated carbocycles. The van der Waals surface area contributed by atoms with Gasteiger partial charge in [-0.1, -0.05) is 45.7 Å². The molecule has 1 unspecified atom stereocenters. The molecule has 0 radical (unpaired) electrons. The topological polar surface area (TPSA) is 38.0 Å². The lowest BCUT2D eigenvalue weighted by atomic mass is 9.99.